The van der Waals surface area contributed by atoms with Gasteiger partial charge in [-0.05, 0) is 42.2 Å². The lowest BCUT2D eigenvalue weighted by atomic mass is 9.94. The van der Waals surface area contributed by atoms with Crippen LogP contribution in [0.2, 0.25) is 0 Å². The molecule has 1 N–H and O–H groups in total. The zero-order chi connectivity index (χ0) is 21.3. The Bertz CT molecular complexity index is 1170. The third-order valence-electron chi connectivity index (χ3n) is 5.66. The first-order valence-corrected chi connectivity index (χ1v) is 10.3. The van der Waals surface area contributed by atoms with Crippen LogP contribution >= 0.6 is 0 Å². The average molecular weight is 398 g/mol. The summed E-state index contributed by atoms with van der Waals surface area (Å²) in [5.74, 6) is 1.53. The zero-order valence-electron chi connectivity index (χ0n) is 17.9. The summed E-state index contributed by atoms with van der Waals surface area (Å²) in [7, 11) is 2.10. The smallest absolute Gasteiger partial charge is 0.159 e. The highest BCUT2D eigenvalue weighted by molar-refractivity contribution is 6.00. The fraction of sp³-hybridized carbons (Fsp3) is 0.231. The van der Waals surface area contributed by atoms with Crippen LogP contribution in [0.5, 0.6) is 5.75 Å². The number of aryl methyl sites for hydroxylation is 1. The number of rotatable bonds is 5. The molecule has 0 aliphatic rings. The molecular formula is C26H27N3O. The van der Waals surface area contributed by atoms with E-state index in [9.17, 15) is 5.11 Å². The summed E-state index contributed by atoms with van der Waals surface area (Å²) in [6.45, 7) is 6.45. The van der Waals surface area contributed by atoms with Gasteiger partial charge in [0, 0.05) is 23.4 Å². The van der Waals surface area contributed by atoms with Crippen LogP contribution in [0.3, 0.4) is 0 Å². The monoisotopic (exact) mass is 397 g/mol. The summed E-state index contributed by atoms with van der Waals surface area (Å²) in [5.41, 5.74) is 4.05. The van der Waals surface area contributed by atoms with Gasteiger partial charge in [-0.2, -0.15) is 0 Å². The first-order valence-electron chi connectivity index (χ1n) is 10.3. The number of fused-ring (bicyclic) bond motifs is 1. The molecule has 4 heteroatoms. The summed E-state index contributed by atoms with van der Waals surface area (Å²) < 4.78 is 0. The van der Waals surface area contributed by atoms with Gasteiger partial charge in [0.15, 0.2) is 5.82 Å². The maximum Gasteiger partial charge on any atom is 0.159 e. The minimum absolute atomic E-state index is 0.185. The number of anilines is 1. The average Bonchev–Trinajstić information content (AvgIpc) is 2.74. The predicted octanol–water partition coefficient (Wildman–Crippen LogP) is 6.14. The summed E-state index contributed by atoms with van der Waals surface area (Å²) in [6, 6.07) is 24.4. The third kappa shape index (κ3) is 3.61. The van der Waals surface area contributed by atoms with E-state index in [0.717, 1.165) is 33.4 Å². The van der Waals surface area contributed by atoms with Gasteiger partial charge < -0.3 is 10.0 Å². The Morgan fingerprint density at radius 3 is 2.17 bits per heavy atom. The van der Waals surface area contributed by atoms with E-state index in [0.29, 0.717) is 5.92 Å². The Hall–Kier alpha value is -3.40. The molecule has 1 unspecified atom stereocenters. The maximum atomic E-state index is 9.79. The Morgan fingerprint density at radius 1 is 0.833 bits per heavy atom. The van der Waals surface area contributed by atoms with E-state index in [1.807, 2.05) is 31.2 Å². The SMILES string of the molecule is Cc1cc(O)ccc1-c1nnc(N(C)C(c2ccccc2)C(C)C)c2ccccc12. The van der Waals surface area contributed by atoms with Crippen LogP contribution in [-0.4, -0.2) is 22.4 Å². The number of aromatic nitrogens is 2. The van der Waals surface area contributed by atoms with E-state index in [1.54, 1.807) is 12.1 Å². The third-order valence-corrected chi connectivity index (χ3v) is 5.66. The lowest BCUT2D eigenvalue weighted by molar-refractivity contribution is 0.475. The van der Waals surface area contributed by atoms with Crippen LogP contribution in [0, 0.1) is 12.8 Å². The standard InChI is InChI=1S/C26H27N3O/c1-17(2)25(19-10-6-5-7-11-19)29(4)26-23-13-9-8-12-22(23)24(27-28-26)21-15-14-20(30)16-18(21)3/h5-17,25,30H,1-4H3. The van der Waals surface area contributed by atoms with Gasteiger partial charge in [-0.3, -0.25) is 0 Å². The van der Waals surface area contributed by atoms with Crippen LogP contribution in [0.25, 0.3) is 22.0 Å². The Kier molecular flexibility index (Phi) is 5.40. The van der Waals surface area contributed by atoms with Crippen molar-refractivity contribution < 1.29 is 5.11 Å². The van der Waals surface area contributed by atoms with Crippen molar-refractivity contribution in [1.29, 1.82) is 0 Å². The summed E-state index contributed by atoms with van der Waals surface area (Å²) >= 11 is 0. The molecule has 3 aromatic carbocycles. The second kappa shape index (κ2) is 8.15. The van der Waals surface area contributed by atoms with Crippen molar-refractivity contribution in [2.75, 3.05) is 11.9 Å². The second-order valence-electron chi connectivity index (χ2n) is 8.13. The van der Waals surface area contributed by atoms with E-state index < -0.39 is 0 Å². The second-order valence-corrected chi connectivity index (χ2v) is 8.13. The molecule has 0 saturated heterocycles. The van der Waals surface area contributed by atoms with Gasteiger partial charge in [0.25, 0.3) is 0 Å². The molecule has 1 atom stereocenters. The normalized spacial score (nSPS) is 12.3. The topological polar surface area (TPSA) is 49.3 Å². The molecule has 0 aliphatic carbocycles. The first kappa shape index (κ1) is 19.9. The highest BCUT2D eigenvalue weighted by atomic mass is 16.3. The lowest BCUT2D eigenvalue weighted by Gasteiger charge is -2.33. The van der Waals surface area contributed by atoms with Crippen molar-refractivity contribution in [2.45, 2.75) is 26.8 Å². The highest BCUT2D eigenvalue weighted by Crippen LogP contribution is 2.37. The molecular weight excluding hydrogens is 370 g/mol. The van der Waals surface area contributed by atoms with Crippen molar-refractivity contribution in [3.63, 3.8) is 0 Å². The van der Waals surface area contributed by atoms with E-state index in [4.69, 9.17) is 0 Å². The van der Waals surface area contributed by atoms with Gasteiger partial charge in [0.05, 0.1) is 6.04 Å². The molecule has 1 heterocycles. The van der Waals surface area contributed by atoms with Crippen molar-refractivity contribution >= 4 is 16.6 Å². The molecule has 0 radical (unpaired) electrons. The van der Waals surface area contributed by atoms with Gasteiger partial charge in [0.2, 0.25) is 0 Å². The summed E-state index contributed by atoms with van der Waals surface area (Å²) in [6.07, 6.45) is 0. The molecule has 4 nitrogen and oxygen atoms in total. The number of benzene rings is 3. The molecule has 0 spiro atoms. The maximum absolute atomic E-state index is 9.79. The van der Waals surface area contributed by atoms with Crippen LogP contribution in [-0.2, 0) is 0 Å². The molecule has 0 bridgehead atoms. The van der Waals surface area contributed by atoms with Crippen LogP contribution in [0.15, 0.2) is 72.8 Å². The quantitative estimate of drug-likeness (QED) is 0.439. The van der Waals surface area contributed by atoms with Gasteiger partial charge in [-0.25, -0.2) is 0 Å². The molecule has 30 heavy (non-hydrogen) atoms. The fourth-order valence-electron chi connectivity index (χ4n) is 4.30. The molecule has 152 valence electrons. The van der Waals surface area contributed by atoms with Gasteiger partial charge in [0.1, 0.15) is 11.4 Å². The van der Waals surface area contributed by atoms with Crippen LogP contribution in [0.4, 0.5) is 5.82 Å². The van der Waals surface area contributed by atoms with E-state index in [2.05, 4.69) is 72.4 Å². The Morgan fingerprint density at radius 2 is 1.50 bits per heavy atom. The minimum atomic E-state index is 0.185. The van der Waals surface area contributed by atoms with E-state index >= 15 is 0 Å². The molecule has 0 aliphatic heterocycles. The van der Waals surface area contributed by atoms with Gasteiger partial charge >= 0.3 is 0 Å². The van der Waals surface area contributed by atoms with Crippen molar-refractivity contribution in [3.8, 4) is 17.0 Å². The van der Waals surface area contributed by atoms with Crippen molar-refractivity contribution in [2.24, 2.45) is 5.92 Å². The number of phenols is 1. The number of hydrogen-bond acceptors (Lipinski definition) is 4. The molecule has 0 saturated carbocycles. The fourth-order valence-corrected chi connectivity index (χ4v) is 4.30. The molecule has 1 aromatic heterocycles. The number of nitrogens with zero attached hydrogens (tertiary/aromatic N) is 3. The minimum Gasteiger partial charge on any atom is -0.508 e. The molecule has 0 amide bonds. The highest BCUT2D eigenvalue weighted by Gasteiger charge is 2.24. The van der Waals surface area contributed by atoms with Crippen LogP contribution in [0.1, 0.15) is 31.0 Å². The summed E-state index contributed by atoms with van der Waals surface area (Å²) in [5, 5.41) is 21.3. The van der Waals surface area contributed by atoms with Gasteiger partial charge in [-0.1, -0.05) is 68.4 Å². The van der Waals surface area contributed by atoms with Crippen LogP contribution < -0.4 is 4.90 Å². The van der Waals surface area contributed by atoms with E-state index in [-0.39, 0.29) is 11.8 Å². The largest absolute Gasteiger partial charge is 0.508 e. The number of hydrogen-bond donors (Lipinski definition) is 1. The zero-order valence-corrected chi connectivity index (χ0v) is 17.9. The van der Waals surface area contributed by atoms with Crippen molar-refractivity contribution in [1.82, 2.24) is 10.2 Å². The lowest BCUT2D eigenvalue weighted by Crippen LogP contribution is -2.29. The summed E-state index contributed by atoms with van der Waals surface area (Å²) in [4.78, 5) is 2.24. The number of aromatic hydroxyl groups is 1. The Balaban J connectivity index is 1.87. The van der Waals surface area contributed by atoms with E-state index in [1.165, 1.54) is 5.56 Å². The Labute approximate surface area is 177 Å². The molecule has 0 fully saturated rings. The predicted molar refractivity (Wildman–Crippen MR) is 124 cm³/mol. The first-order chi connectivity index (χ1) is 14.5. The van der Waals surface area contributed by atoms with Gasteiger partial charge in [-0.15, -0.1) is 10.2 Å². The molecule has 4 aromatic rings. The number of phenolic OH excluding ortho intramolecular Hbond substituents is 1. The molecule has 4 rings (SSSR count). The van der Waals surface area contributed by atoms with Crippen molar-refractivity contribution in [3.05, 3.63) is 83.9 Å².